The van der Waals surface area contributed by atoms with Gasteiger partial charge in [0, 0.05) is 27.1 Å². The molecule has 7 rings (SSSR count). The molecule has 6 aromatic carbocycles. The minimum atomic E-state index is -0.639. The molecular weight excluding hydrogens is 737 g/mol. The summed E-state index contributed by atoms with van der Waals surface area (Å²) >= 11 is 2.68. The molecule has 7 aromatic rings. The number of hydrogen-bond acceptors (Lipinski definition) is 7. The fourth-order valence-corrected chi connectivity index (χ4v) is 7.67. The summed E-state index contributed by atoms with van der Waals surface area (Å²) in [6.07, 6.45) is 1.65. The Morgan fingerprint density at radius 2 is 1.38 bits per heavy atom. The van der Waals surface area contributed by atoms with Gasteiger partial charge in [-0.05, 0) is 70.8 Å². The van der Waals surface area contributed by atoms with Crippen LogP contribution in [0.15, 0.2) is 180 Å². The summed E-state index contributed by atoms with van der Waals surface area (Å²) in [7, 11) is 1.61. The van der Waals surface area contributed by atoms with Gasteiger partial charge in [-0.1, -0.05) is 121 Å². The smallest absolute Gasteiger partial charge is 0.272 e. The molecule has 8 nitrogen and oxygen atoms in total. The van der Waals surface area contributed by atoms with Crippen molar-refractivity contribution in [1.29, 1.82) is 0 Å². The Balaban J connectivity index is 1.10. The molecule has 0 aliphatic rings. The molecule has 0 aliphatic carbocycles. The average Bonchev–Trinajstić information content (AvgIpc) is 3.72. The van der Waals surface area contributed by atoms with Crippen LogP contribution in [0.4, 0.5) is 10.8 Å². The number of thioether (sulfide) groups is 1. The first-order valence-corrected chi connectivity index (χ1v) is 19.5. The third-order valence-electron chi connectivity index (χ3n) is 8.66. The summed E-state index contributed by atoms with van der Waals surface area (Å²) in [6, 6.07) is 50.9. The number of benzene rings is 6. The molecule has 1 aromatic heterocycles. The maximum absolute atomic E-state index is 13.9. The van der Waals surface area contributed by atoms with Crippen molar-refractivity contribution in [3.63, 3.8) is 0 Å². The van der Waals surface area contributed by atoms with E-state index in [1.54, 1.807) is 49.6 Å². The fraction of sp³-hybridized carbons (Fsp3) is 0.0435. The molecule has 0 fully saturated rings. The van der Waals surface area contributed by atoms with Gasteiger partial charge < -0.3 is 20.7 Å². The second-order valence-corrected chi connectivity index (χ2v) is 14.5. The standard InChI is InChI=1S/C46H36N4O4S2/c1-54-41-23-12-11-22-38(41)40-30-55-46(49-40)50-45(53)42(34-16-7-3-8-17-34)56-37-21-13-20-36(29-37)47-44(52)39(48-43(51)35-18-9-4-10-19-35)28-31-24-26-33(27-25-31)32-14-5-2-6-15-32/h2-30,42H,1H3,(H,47,52)(H,48,51)(H,49,50,53)/b39-28+. The number of thiazole rings is 1. The number of aromatic nitrogens is 1. The lowest BCUT2D eigenvalue weighted by atomic mass is 10.0. The van der Waals surface area contributed by atoms with Gasteiger partial charge >= 0.3 is 0 Å². The maximum Gasteiger partial charge on any atom is 0.272 e. The molecule has 0 saturated heterocycles. The highest BCUT2D eigenvalue weighted by Crippen LogP contribution is 2.38. The van der Waals surface area contributed by atoms with E-state index in [-0.39, 0.29) is 11.6 Å². The minimum Gasteiger partial charge on any atom is -0.496 e. The van der Waals surface area contributed by atoms with Crippen molar-refractivity contribution in [3.05, 3.63) is 192 Å². The summed E-state index contributed by atoms with van der Waals surface area (Å²) in [5, 5.41) is 10.5. The molecule has 0 bridgehead atoms. The Bertz CT molecular complexity index is 2470. The Morgan fingerprint density at radius 3 is 2.11 bits per heavy atom. The molecule has 0 saturated carbocycles. The summed E-state index contributed by atoms with van der Waals surface area (Å²) in [5.74, 6) is -0.470. The average molecular weight is 773 g/mol. The number of para-hydroxylation sites is 1. The van der Waals surface area contributed by atoms with Gasteiger partial charge in [0.1, 0.15) is 16.7 Å². The topological polar surface area (TPSA) is 109 Å². The second kappa shape index (κ2) is 18.1. The van der Waals surface area contributed by atoms with E-state index in [0.717, 1.165) is 32.7 Å². The normalized spacial score (nSPS) is 11.6. The van der Waals surface area contributed by atoms with Crippen LogP contribution in [0.2, 0.25) is 0 Å². The van der Waals surface area contributed by atoms with Crippen LogP contribution < -0.4 is 20.7 Å². The van der Waals surface area contributed by atoms with E-state index in [1.165, 1.54) is 23.1 Å². The first-order chi connectivity index (χ1) is 27.4. The van der Waals surface area contributed by atoms with Crippen molar-refractivity contribution in [2.24, 2.45) is 0 Å². The van der Waals surface area contributed by atoms with Crippen molar-refractivity contribution < 1.29 is 19.1 Å². The van der Waals surface area contributed by atoms with E-state index in [2.05, 4.69) is 20.9 Å². The van der Waals surface area contributed by atoms with Gasteiger partial charge in [-0.25, -0.2) is 4.98 Å². The molecule has 1 heterocycles. The van der Waals surface area contributed by atoms with Crippen molar-refractivity contribution in [2.75, 3.05) is 17.7 Å². The number of nitrogens with zero attached hydrogens (tertiary/aromatic N) is 1. The Kier molecular flexibility index (Phi) is 12.1. The number of methoxy groups -OCH3 is 1. The molecule has 10 heteroatoms. The second-order valence-electron chi connectivity index (χ2n) is 12.5. The lowest BCUT2D eigenvalue weighted by molar-refractivity contribution is -0.116. The fourth-order valence-electron chi connectivity index (χ4n) is 5.88. The summed E-state index contributed by atoms with van der Waals surface area (Å²) in [6.45, 7) is 0. The third kappa shape index (κ3) is 9.48. The van der Waals surface area contributed by atoms with E-state index >= 15 is 0 Å². The first kappa shape index (κ1) is 37.6. The van der Waals surface area contributed by atoms with Gasteiger partial charge in [0.2, 0.25) is 5.91 Å². The number of amides is 3. The maximum atomic E-state index is 13.9. The predicted octanol–water partition coefficient (Wildman–Crippen LogP) is 10.4. The lowest BCUT2D eigenvalue weighted by Gasteiger charge is -2.17. The first-order valence-electron chi connectivity index (χ1n) is 17.7. The third-order valence-corrected chi connectivity index (χ3v) is 10.7. The largest absolute Gasteiger partial charge is 0.496 e. The van der Waals surface area contributed by atoms with Gasteiger partial charge in [0.05, 0.1) is 12.8 Å². The number of hydrogen-bond donors (Lipinski definition) is 3. The van der Waals surface area contributed by atoms with Gasteiger partial charge in [-0.15, -0.1) is 23.1 Å². The molecule has 276 valence electrons. The van der Waals surface area contributed by atoms with E-state index in [1.807, 2.05) is 133 Å². The van der Waals surface area contributed by atoms with E-state index < -0.39 is 17.1 Å². The molecular formula is C46H36N4O4S2. The SMILES string of the molecule is COc1ccccc1-c1csc(NC(=O)C(Sc2cccc(NC(=O)/C(=C\c3ccc(-c4ccccc4)cc3)NC(=O)c3ccccc3)c2)c2ccccc2)n1. The van der Waals surface area contributed by atoms with Crippen LogP contribution in [0.1, 0.15) is 26.7 Å². The van der Waals surface area contributed by atoms with Gasteiger partial charge in [0.25, 0.3) is 11.8 Å². The molecule has 1 atom stereocenters. The molecule has 0 spiro atoms. The number of anilines is 2. The molecule has 3 N–H and O–H groups in total. The minimum absolute atomic E-state index is 0.0712. The van der Waals surface area contributed by atoms with Crippen LogP contribution in [0.5, 0.6) is 5.75 Å². The lowest BCUT2D eigenvalue weighted by Crippen LogP contribution is -2.30. The zero-order valence-electron chi connectivity index (χ0n) is 30.2. The summed E-state index contributed by atoms with van der Waals surface area (Å²) in [4.78, 5) is 46.5. The molecule has 3 amide bonds. The van der Waals surface area contributed by atoms with Crippen molar-refractivity contribution in [1.82, 2.24) is 10.3 Å². The molecule has 1 unspecified atom stereocenters. The van der Waals surface area contributed by atoms with Crippen LogP contribution in [0.3, 0.4) is 0 Å². The molecule has 0 aliphatic heterocycles. The number of carbonyl (C=O) groups is 3. The summed E-state index contributed by atoms with van der Waals surface area (Å²) in [5.41, 5.74) is 6.16. The Morgan fingerprint density at radius 1 is 0.714 bits per heavy atom. The number of rotatable bonds is 13. The number of carbonyl (C=O) groups excluding carboxylic acids is 3. The van der Waals surface area contributed by atoms with Gasteiger partial charge in [0.15, 0.2) is 5.13 Å². The number of nitrogens with one attached hydrogen (secondary N) is 3. The van der Waals surface area contributed by atoms with Gasteiger partial charge in [-0.2, -0.15) is 0 Å². The van der Waals surface area contributed by atoms with Crippen LogP contribution in [-0.4, -0.2) is 29.8 Å². The highest BCUT2D eigenvalue weighted by Gasteiger charge is 2.24. The highest BCUT2D eigenvalue weighted by atomic mass is 32.2. The highest BCUT2D eigenvalue weighted by molar-refractivity contribution is 8.00. The van der Waals surface area contributed by atoms with E-state index in [4.69, 9.17) is 4.74 Å². The van der Waals surface area contributed by atoms with Crippen molar-refractivity contribution >= 4 is 57.7 Å². The predicted molar refractivity (Wildman–Crippen MR) is 227 cm³/mol. The van der Waals surface area contributed by atoms with Crippen molar-refractivity contribution in [3.8, 4) is 28.1 Å². The van der Waals surface area contributed by atoms with Crippen molar-refractivity contribution in [2.45, 2.75) is 10.1 Å². The zero-order valence-corrected chi connectivity index (χ0v) is 31.9. The van der Waals surface area contributed by atoms with Crippen LogP contribution in [-0.2, 0) is 9.59 Å². The monoisotopic (exact) mass is 772 g/mol. The van der Waals surface area contributed by atoms with Gasteiger partial charge in [-0.3, -0.25) is 14.4 Å². The van der Waals surface area contributed by atoms with Crippen LogP contribution in [0, 0.1) is 0 Å². The van der Waals surface area contributed by atoms with E-state index in [9.17, 15) is 14.4 Å². The molecule has 0 radical (unpaired) electrons. The summed E-state index contributed by atoms with van der Waals surface area (Å²) < 4.78 is 5.50. The number of ether oxygens (including phenoxy) is 1. The van der Waals surface area contributed by atoms with E-state index in [0.29, 0.717) is 27.8 Å². The Hall–Kier alpha value is -6.75. The van der Waals surface area contributed by atoms with Crippen LogP contribution in [0.25, 0.3) is 28.5 Å². The molecule has 56 heavy (non-hydrogen) atoms. The Labute approximate surface area is 333 Å². The van der Waals surface area contributed by atoms with Crippen LogP contribution >= 0.6 is 23.1 Å². The zero-order chi connectivity index (χ0) is 38.7. The quantitative estimate of drug-likeness (QED) is 0.0795.